The number of aryl methyl sites for hydroxylation is 1. The van der Waals surface area contributed by atoms with Crippen LogP contribution in [0.2, 0.25) is 0 Å². The van der Waals surface area contributed by atoms with E-state index in [1.165, 1.54) is 5.56 Å². The molecule has 1 fully saturated rings. The molecular formula is C15H22N2O. The quantitative estimate of drug-likeness (QED) is 0.821. The van der Waals surface area contributed by atoms with Gasteiger partial charge >= 0.3 is 0 Å². The lowest BCUT2D eigenvalue weighted by Crippen LogP contribution is -2.49. The molecule has 1 N–H and O–H groups in total. The third-order valence-electron chi connectivity index (χ3n) is 3.75. The lowest BCUT2D eigenvalue weighted by molar-refractivity contribution is 0.0917. The molecule has 3 nitrogen and oxygen atoms in total. The number of carbonyl (C=O) groups excluding carboxylic acids is 1. The summed E-state index contributed by atoms with van der Waals surface area (Å²) >= 11 is 0. The van der Waals surface area contributed by atoms with Crippen molar-refractivity contribution in [3.05, 3.63) is 35.4 Å². The highest BCUT2D eigenvalue weighted by Crippen LogP contribution is 2.12. The van der Waals surface area contributed by atoms with Gasteiger partial charge < -0.3 is 10.2 Å². The topological polar surface area (TPSA) is 32.3 Å². The van der Waals surface area contributed by atoms with Gasteiger partial charge in [0.15, 0.2) is 5.78 Å². The number of piperazine rings is 1. The second-order valence-electron chi connectivity index (χ2n) is 5.02. The average molecular weight is 246 g/mol. The van der Waals surface area contributed by atoms with Crippen LogP contribution >= 0.6 is 0 Å². The number of benzene rings is 1. The molecule has 0 bridgehead atoms. The van der Waals surface area contributed by atoms with Crippen molar-refractivity contribution in [2.45, 2.75) is 25.8 Å². The summed E-state index contributed by atoms with van der Waals surface area (Å²) in [6.07, 6.45) is 1.62. The van der Waals surface area contributed by atoms with Crippen LogP contribution in [-0.2, 0) is 6.42 Å². The first kappa shape index (κ1) is 13.2. The lowest BCUT2D eigenvalue weighted by atomic mass is 10.0. The number of ketones is 1. The Labute approximate surface area is 109 Å². The third-order valence-corrected chi connectivity index (χ3v) is 3.75. The van der Waals surface area contributed by atoms with Gasteiger partial charge in [-0.15, -0.1) is 0 Å². The summed E-state index contributed by atoms with van der Waals surface area (Å²) in [6, 6.07) is 8.35. The van der Waals surface area contributed by atoms with E-state index in [1.54, 1.807) is 0 Å². The SMILES string of the molecule is CCc1ccc(C(=O)CC2CNCCN2C)cc1. The van der Waals surface area contributed by atoms with Crippen LogP contribution in [0.1, 0.15) is 29.3 Å². The van der Waals surface area contributed by atoms with Crippen molar-refractivity contribution in [2.75, 3.05) is 26.7 Å². The molecule has 0 radical (unpaired) electrons. The highest BCUT2D eigenvalue weighted by Gasteiger charge is 2.21. The van der Waals surface area contributed by atoms with Crippen molar-refractivity contribution in [1.82, 2.24) is 10.2 Å². The maximum absolute atomic E-state index is 12.2. The summed E-state index contributed by atoms with van der Waals surface area (Å²) in [5, 5.41) is 3.35. The fourth-order valence-electron chi connectivity index (χ4n) is 2.35. The fraction of sp³-hybridized carbons (Fsp3) is 0.533. The molecule has 0 spiro atoms. The summed E-state index contributed by atoms with van der Waals surface area (Å²) < 4.78 is 0. The number of rotatable bonds is 4. The Hall–Kier alpha value is -1.19. The van der Waals surface area contributed by atoms with Gasteiger partial charge in [0.05, 0.1) is 0 Å². The Morgan fingerprint density at radius 1 is 1.39 bits per heavy atom. The van der Waals surface area contributed by atoms with Gasteiger partial charge in [-0.05, 0) is 19.0 Å². The van der Waals surface area contributed by atoms with Crippen molar-refractivity contribution >= 4 is 5.78 Å². The van der Waals surface area contributed by atoms with Crippen molar-refractivity contribution < 1.29 is 4.79 Å². The highest BCUT2D eigenvalue weighted by molar-refractivity contribution is 5.96. The Morgan fingerprint density at radius 2 is 2.11 bits per heavy atom. The molecule has 3 heteroatoms. The maximum Gasteiger partial charge on any atom is 0.164 e. The molecule has 1 aromatic carbocycles. The van der Waals surface area contributed by atoms with E-state index in [0.717, 1.165) is 31.6 Å². The van der Waals surface area contributed by atoms with Crippen molar-refractivity contribution in [3.8, 4) is 0 Å². The minimum absolute atomic E-state index is 0.248. The van der Waals surface area contributed by atoms with Crippen LogP contribution in [0.4, 0.5) is 0 Å². The molecule has 0 saturated carbocycles. The van der Waals surface area contributed by atoms with E-state index in [-0.39, 0.29) is 5.78 Å². The third kappa shape index (κ3) is 3.18. The molecule has 18 heavy (non-hydrogen) atoms. The van der Waals surface area contributed by atoms with E-state index >= 15 is 0 Å². The van der Waals surface area contributed by atoms with Crippen LogP contribution in [0, 0.1) is 0 Å². The van der Waals surface area contributed by atoms with Crippen LogP contribution in [0.25, 0.3) is 0 Å². The first-order valence-corrected chi connectivity index (χ1v) is 6.73. The van der Waals surface area contributed by atoms with Crippen LogP contribution in [0.3, 0.4) is 0 Å². The van der Waals surface area contributed by atoms with Gasteiger partial charge in [0, 0.05) is 37.7 Å². The van der Waals surface area contributed by atoms with Gasteiger partial charge in [-0.2, -0.15) is 0 Å². The molecule has 1 aliphatic heterocycles. The monoisotopic (exact) mass is 246 g/mol. The second kappa shape index (κ2) is 6.12. The zero-order valence-electron chi connectivity index (χ0n) is 11.3. The van der Waals surface area contributed by atoms with Crippen molar-refractivity contribution in [1.29, 1.82) is 0 Å². The molecule has 0 aliphatic carbocycles. The van der Waals surface area contributed by atoms with Crippen molar-refractivity contribution in [2.24, 2.45) is 0 Å². The number of nitrogens with one attached hydrogen (secondary N) is 1. The van der Waals surface area contributed by atoms with E-state index in [9.17, 15) is 4.79 Å². The second-order valence-corrected chi connectivity index (χ2v) is 5.02. The predicted octanol–water partition coefficient (Wildman–Crippen LogP) is 1.73. The smallest absolute Gasteiger partial charge is 0.164 e. The summed E-state index contributed by atoms with van der Waals surface area (Å²) in [5.41, 5.74) is 2.12. The number of nitrogens with zero attached hydrogens (tertiary/aromatic N) is 1. The largest absolute Gasteiger partial charge is 0.314 e. The number of carbonyl (C=O) groups is 1. The molecule has 1 saturated heterocycles. The predicted molar refractivity (Wildman–Crippen MR) is 74.1 cm³/mol. The summed E-state index contributed by atoms with van der Waals surface area (Å²) in [7, 11) is 2.10. The zero-order valence-corrected chi connectivity index (χ0v) is 11.3. The van der Waals surface area contributed by atoms with Crippen LogP contribution < -0.4 is 5.32 Å². The summed E-state index contributed by atoms with van der Waals surface area (Å²) in [4.78, 5) is 14.5. The molecular weight excluding hydrogens is 224 g/mol. The molecule has 1 aromatic rings. The van der Waals surface area contributed by atoms with Gasteiger partial charge in [-0.1, -0.05) is 31.2 Å². The minimum Gasteiger partial charge on any atom is -0.314 e. The maximum atomic E-state index is 12.2. The van der Waals surface area contributed by atoms with E-state index < -0.39 is 0 Å². The first-order valence-electron chi connectivity index (χ1n) is 6.73. The normalized spacial score (nSPS) is 20.9. The minimum atomic E-state index is 0.248. The molecule has 1 atom stereocenters. The lowest BCUT2D eigenvalue weighted by Gasteiger charge is -2.32. The fourth-order valence-corrected chi connectivity index (χ4v) is 2.35. The van der Waals surface area contributed by atoms with E-state index in [1.807, 2.05) is 12.1 Å². The van der Waals surface area contributed by atoms with Gasteiger partial charge in [0.25, 0.3) is 0 Å². The van der Waals surface area contributed by atoms with Crippen LogP contribution in [0.15, 0.2) is 24.3 Å². The van der Waals surface area contributed by atoms with Gasteiger partial charge in [-0.3, -0.25) is 4.79 Å². The van der Waals surface area contributed by atoms with Gasteiger partial charge in [-0.25, -0.2) is 0 Å². The van der Waals surface area contributed by atoms with Crippen LogP contribution in [0.5, 0.6) is 0 Å². The van der Waals surface area contributed by atoms with Crippen molar-refractivity contribution in [3.63, 3.8) is 0 Å². The number of likely N-dealkylation sites (N-methyl/N-ethyl adjacent to an activating group) is 1. The van der Waals surface area contributed by atoms with E-state index in [4.69, 9.17) is 0 Å². The molecule has 1 heterocycles. The molecule has 2 rings (SSSR count). The zero-order chi connectivity index (χ0) is 13.0. The van der Waals surface area contributed by atoms with E-state index in [0.29, 0.717) is 12.5 Å². The standard InChI is InChI=1S/C15H22N2O/c1-3-12-4-6-13(7-5-12)15(18)10-14-11-16-8-9-17(14)2/h4-7,14,16H,3,8-11H2,1-2H3. The highest BCUT2D eigenvalue weighted by atomic mass is 16.1. The molecule has 1 unspecified atom stereocenters. The Bertz CT molecular complexity index is 399. The Kier molecular flexibility index (Phi) is 4.50. The first-order chi connectivity index (χ1) is 8.70. The molecule has 98 valence electrons. The number of Topliss-reactive ketones (excluding diaryl/α,β-unsaturated/α-hetero) is 1. The Balaban J connectivity index is 1.97. The van der Waals surface area contributed by atoms with E-state index in [2.05, 4.69) is 36.3 Å². The number of hydrogen-bond donors (Lipinski definition) is 1. The molecule has 0 aromatic heterocycles. The van der Waals surface area contributed by atoms with Gasteiger partial charge in [0.1, 0.15) is 0 Å². The summed E-state index contributed by atoms with van der Waals surface area (Å²) in [6.45, 7) is 5.08. The van der Waals surface area contributed by atoms with Crippen LogP contribution in [-0.4, -0.2) is 43.4 Å². The average Bonchev–Trinajstić information content (AvgIpc) is 2.41. The van der Waals surface area contributed by atoms with Gasteiger partial charge in [0.2, 0.25) is 0 Å². The number of hydrogen-bond acceptors (Lipinski definition) is 3. The summed E-state index contributed by atoms with van der Waals surface area (Å²) in [5.74, 6) is 0.248. The Morgan fingerprint density at radius 3 is 2.72 bits per heavy atom. The molecule has 0 amide bonds. The molecule has 1 aliphatic rings.